The van der Waals surface area contributed by atoms with Gasteiger partial charge in [-0.25, -0.2) is 4.79 Å². The number of hydrogen-bond donors (Lipinski definition) is 0. The Balaban J connectivity index is 1.87. The molecule has 0 saturated carbocycles. The smallest absolute Gasteiger partial charge is 0.338 e. The number of benzene rings is 2. The van der Waals surface area contributed by atoms with E-state index >= 15 is 0 Å². The van der Waals surface area contributed by atoms with Gasteiger partial charge in [-0.1, -0.05) is 12.1 Å². The van der Waals surface area contributed by atoms with Crippen LogP contribution in [0.4, 0.5) is 5.69 Å². The number of carbonyl (C=O) groups excluding carboxylic acids is 1. The summed E-state index contributed by atoms with van der Waals surface area (Å²) in [5.41, 5.74) is 1.92. The zero-order valence-electron chi connectivity index (χ0n) is 15.5. The van der Waals surface area contributed by atoms with E-state index in [1.54, 1.807) is 49.4 Å². The first kappa shape index (κ1) is 19.6. The summed E-state index contributed by atoms with van der Waals surface area (Å²) in [7, 11) is 0. The van der Waals surface area contributed by atoms with Crippen molar-refractivity contribution in [2.45, 2.75) is 6.92 Å². The number of esters is 1. The molecule has 0 radical (unpaired) electrons. The Bertz CT molecular complexity index is 1120. The van der Waals surface area contributed by atoms with Crippen LogP contribution in [-0.2, 0) is 4.74 Å². The third kappa shape index (κ3) is 4.57. The monoisotopic (exact) mass is 388 g/mol. The number of non-ortho nitro benzene ring substituents is 1. The maximum atomic E-state index is 11.9. The number of allylic oxidation sites excluding steroid dienone is 1. The van der Waals surface area contributed by atoms with E-state index in [1.165, 1.54) is 24.3 Å². The molecule has 0 spiro atoms. The molecule has 7 nitrogen and oxygen atoms in total. The van der Waals surface area contributed by atoms with Gasteiger partial charge in [-0.15, -0.1) is 0 Å². The van der Waals surface area contributed by atoms with Gasteiger partial charge in [-0.3, -0.25) is 10.1 Å². The Morgan fingerprint density at radius 2 is 1.93 bits per heavy atom. The summed E-state index contributed by atoms with van der Waals surface area (Å²) in [6, 6.07) is 18.1. The molecule has 1 aromatic heterocycles. The predicted octanol–water partition coefficient (Wildman–Crippen LogP) is 5.10. The summed E-state index contributed by atoms with van der Waals surface area (Å²) in [6.07, 6.45) is 1.56. The molecule has 0 aliphatic rings. The SMILES string of the molecule is CCOC(=O)c1cccc(-c2ccc(/C=C(/C#N)c3ccc([N+](=O)[O-])cc3)o2)c1. The Morgan fingerprint density at radius 1 is 1.17 bits per heavy atom. The van der Waals surface area contributed by atoms with Crippen molar-refractivity contribution in [3.8, 4) is 17.4 Å². The highest BCUT2D eigenvalue weighted by Gasteiger charge is 2.11. The first-order valence-electron chi connectivity index (χ1n) is 8.76. The van der Waals surface area contributed by atoms with Crippen LogP contribution in [0.3, 0.4) is 0 Å². The van der Waals surface area contributed by atoms with Crippen LogP contribution >= 0.6 is 0 Å². The molecule has 0 aliphatic carbocycles. The average molecular weight is 388 g/mol. The van der Waals surface area contributed by atoms with Crippen LogP contribution in [0.15, 0.2) is 65.1 Å². The number of rotatable bonds is 6. The molecular weight excluding hydrogens is 372 g/mol. The summed E-state index contributed by atoms with van der Waals surface area (Å²) in [5, 5.41) is 20.2. The quantitative estimate of drug-likeness (QED) is 0.252. The first-order valence-corrected chi connectivity index (χ1v) is 8.76. The van der Waals surface area contributed by atoms with E-state index in [1.807, 2.05) is 0 Å². The van der Waals surface area contributed by atoms with E-state index in [4.69, 9.17) is 9.15 Å². The van der Waals surface area contributed by atoms with Crippen molar-refractivity contribution < 1.29 is 18.9 Å². The van der Waals surface area contributed by atoms with Crippen LogP contribution in [0, 0.1) is 21.4 Å². The summed E-state index contributed by atoms with van der Waals surface area (Å²) in [4.78, 5) is 22.2. The van der Waals surface area contributed by atoms with Gasteiger partial charge in [-0.05, 0) is 55.0 Å². The molecule has 0 bridgehead atoms. The molecule has 0 N–H and O–H groups in total. The lowest BCUT2D eigenvalue weighted by molar-refractivity contribution is -0.384. The fourth-order valence-corrected chi connectivity index (χ4v) is 2.68. The topological polar surface area (TPSA) is 106 Å². The fourth-order valence-electron chi connectivity index (χ4n) is 2.68. The van der Waals surface area contributed by atoms with Crippen LogP contribution in [-0.4, -0.2) is 17.5 Å². The van der Waals surface area contributed by atoms with Gasteiger partial charge in [0.15, 0.2) is 0 Å². The molecular formula is C22H16N2O5. The predicted molar refractivity (Wildman–Crippen MR) is 107 cm³/mol. The third-order valence-electron chi connectivity index (χ3n) is 4.08. The van der Waals surface area contributed by atoms with Crippen molar-refractivity contribution in [1.82, 2.24) is 0 Å². The van der Waals surface area contributed by atoms with E-state index in [-0.39, 0.29) is 5.69 Å². The van der Waals surface area contributed by atoms with Crippen LogP contribution in [0.5, 0.6) is 0 Å². The molecule has 0 saturated heterocycles. The second-order valence-electron chi connectivity index (χ2n) is 5.98. The van der Waals surface area contributed by atoms with Crippen LogP contribution in [0.2, 0.25) is 0 Å². The number of nitriles is 1. The Hall–Kier alpha value is -4.18. The molecule has 3 rings (SSSR count). The summed E-state index contributed by atoms with van der Waals surface area (Å²) in [6.45, 7) is 2.03. The first-order chi connectivity index (χ1) is 14.0. The third-order valence-corrected chi connectivity index (χ3v) is 4.08. The molecule has 0 unspecified atom stereocenters. The second kappa shape index (κ2) is 8.67. The summed E-state index contributed by atoms with van der Waals surface area (Å²) in [5.74, 6) is 0.561. The van der Waals surface area contributed by atoms with Crippen molar-refractivity contribution in [2.75, 3.05) is 6.61 Å². The van der Waals surface area contributed by atoms with Crippen molar-refractivity contribution >= 4 is 23.3 Å². The maximum absolute atomic E-state index is 11.9. The molecule has 3 aromatic rings. The highest BCUT2D eigenvalue weighted by atomic mass is 16.6. The van der Waals surface area contributed by atoms with E-state index < -0.39 is 10.9 Å². The van der Waals surface area contributed by atoms with Gasteiger partial charge in [0.2, 0.25) is 0 Å². The van der Waals surface area contributed by atoms with E-state index in [0.29, 0.717) is 40.4 Å². The number of carbonyl (C=O) groups is 1. The molecule has 0 amide bonds. The van der Waals surface area contributed by atoms with Gasteiger partial charge >= 0.3 is 5.97 Å². The molecule has 1 heterocycles. The molecule has 29 heavy (non-hydrogen) atoms. The van der Waals surface area contributed by atoms with Crippen LogP contribution in [0.1, 0.15) is 28.6 Å². The number of nitro groups is 1. The largest absolute Gasteiger partial charge is 0.462 e. The molecule has 144 valence electrons. The molecule has 0 aliphatic heterocycles. The Kier molecular flexibility index (Phi) is 5.85. The maximum Gasteiger partial charge on any atom is 0.338 e. The molecule has 0 fully saturated rings. The number of nitrogens with zero attached hydrogens (tertiary/aromatic N) is 2. The van der Waals surface area contributed by atoms with Crippen molar-refractivity contribution in [3.63, 3.8) is 0 Å². The van der Waals surface area contributed by atoms with Gasteiger partial charge in [0.25, 0.3) is 5.69 Å². The van der Waals surface area contributed by atoms with E-state index in [2.05, 4.69) is 6.07 Å². The van der Waals surface area contributed by atoms with Gasteiger partial charge in [-0.2, -0.15) is 5.26 Å². The number of nitro benzene ring substituents is 1. The van der Waals surface area contributed by atoms with Crippen molar-refractivity contribution in [1.29, 1.82) is 5.26 Å². The fraction of sp³-hybridized carbons (Fsp3) is 0.0909. The number of ether oxygens (including phenoxy) is 1. The highest BCUT2D eigenvalue weighted by Crippen LogP contribution is 2.26. The van der Waals surface area contributed by atoms with E-state index in [0.717, 1.165) is 0 Å². The number of furan rings is 1. The average Bonchev–Trinajstić information content (AvgIpc) is 3.21. The Morgan fingerprint density at radius 3 is 2.59 bits per heavy atom. The van der Waals surface area contributed by atoms with Crippen LogP contribution < -0.4 is 0 Å². The zero-order valence-corrected chi connectivity index (χ0v) is 15.5. The minimum atomic E-state index is -0.497. The van der Waals surface area contributed by atoms with Gasteiger partial charge in [0, 0.05) is 17.7 Å². The lowest BCUT2D eigenvalue weighted by atomic mass is 10.1. The minimum absolute atomic E-state index is 0.0483. The number of hydrogen-bond acceptors (Lipinski definition) is 6. The summed E-state index contributed by atoms with van der Waals surface area (Å²) >= 11 is 0. The van der Waals surface area contributed by atoms with Gasteiger partial charge in [0.1, 0.15) is 11.5 Å². The highest BCUT2D eigenvalue weighted by molar-refractivity contribution is 5.91. The molecule has 2 aromatic carbocycles. The minimum Gasteiger partial charge on any atom is -0.462 e. The zero-order chi connectivity index (χ0) is 20.8. The lowest BCUT2D eigenvalue weighted by Crippen LogP contribution is -2.04. The lowest BCUT2D eigenvalue weighted by Gasteiger charge is -2.03. The van der Waals surface area contributed by atoms with E-state index in [9.17, 15) is 20.2 Å². The standard InChI is InChI=1S/C22H16N2O5/c1-2-28-22(25)17-5-3-4-16(12-17)21-11-10-20(29-21)13-18(14-23)15-6-8-19(9-7-15)24(26)27/h3-13H,2H2,1H3/b18-13-. The molecule has 0 atom stereocenters. The normalized spacial score (nSPS) is 11.0. The second-order valence-corrected chi connectivity index (χ2v) is 5.98. The molecule has 7 heteroatoms. The van der Waals surface area contributed by atoms with Crippen LogP contribution in [0.25, 0.3) is 23.0 Å². The van der Waals surface area contributed by atoms with Gasteiger partial charge < -0.3 is 9.15 Å². The summed E-state index contributed by atoms with van der Waals surface area (Å²) < 4.78 is 10.8. The van der Waals surface area contributed by atoms with Crippen molar-refractivity contribution in [3.05, 3.63) is 87.7 Å². The van der Waals surface area contributed by atoms with Crippen molar-refractivity contribution in [2.24, 2.45) is 0 Å². The Labute approximate surface area is 166 Å². The van der Waals surface area contributed by atoms with Gasteiger partial charge in [0.05, 0.1) is 28.7 Å².